The highest BCUT2D eigenvalue weighted by molar-refractivity contribution is 14.1. The van der Waals surface area contributed by atoms with Gasteiger partial charge in [0.05, 0.1) is 47.0 Å². The summed E-state index contributed by atoms with van der Waals surface area (Å²) >= 11 is 9.06. The molecule has 123 heavy (non-hydrogen) atoms. The summed E-state index contributed by atoms with van der Waals surface area (Å²) in [5, 5.41) is 0.123. The molecule has 8 heteroatoms. The maximum absolute atomic E-state index is 10.4. The van der Waals surface area contributed by atoms with Crippen molar-refractivity contribution in [2.45, 2.75) is 283 Å². The molecule has 2 aliphatic rings. The fourth-order valence-corrected chi connectivity index (χ4v) is 16.0. The van der Waals surface area contributed by atoms with Gasteiger partial charge in [-0.3, -0.25) is 0 Å². The van der Waals surface area contributed by atoms with E-state index < -0.39 is 28.4 Å². The van der Waals surface area contributed by atoms with E-state index in [4.69, 9.17) is 15.0 Å². The van der Waals surface area contributed by atoms with Crippen LogP contribution in [-0.4, -0.2) is 10.1 Å². The van der Waals surface area contributed by atoms with Gasteiger partial charge in [0, 0.05) is 56.6 Å². The number of hydrogen-bond donors (Lipinski definition) is 1. The van der Waals surface area contributed by atoms with Gasteiger partial charge in [-0.15, -0.1) is 0 Å². The highest BCUT2D eigenvalue weighted by Crippen LogP contribution is 2.53. The van der Waals surface area contributed by atoms with Gasteiger partial charge in [0.2, 0.25) is 0 Å². The molecule has 0 aromatic heterocycles. The molecule has 0 aliphatic carbocycles. The smallest absolute Gasteiger partial charge is 0.252 e. The van der Waals surface area contributed by atoms with Crippen molar-refractivity contribution in [3.8, 4) is 22.3 Å². The van der Waals surface area contributed by atoms with E-state index in [1.807, 2.05) is 139 Å². The summed E-state index contributed by atoms with van der Waals surface area (Å²) in [6, 6.07) is 53.0. The Morgan fingerprint density at radius 3 is 1.00 bits per heavy atom. The average Bonchev–Trinajstić information content (AvgIpc) is 0.674. The Bertz CT molecular complexity index is 6620. The molecule has 0 fully saturated rings. The molecule has 644 valence electrons. The van der Waals surface area contributed by atoms with Gasteiger partial charge in [0.15, 0.2) is 0 Å². The third kappa shape index (κ3) is 20.1. The fraction of sp³-hybridized carbons (Fsp3) is 0.374. The molecule has 0 bridgehead atoms. The number of aryl methyl sites for hydroxylation is 2. The molecule has 2 heterocycles. The summed E-state index contributed by atoms with van der Waals surface area (Å²) in [4.78, 5) is 7.65. The first-order valence-electron chi connectivity index (χ1n) is 50.0. The first kappa shape index (κ1) is 76.3. The topological polar surface area (TPSA) is 33.2 Å². The van der Waals surface area contributed by atoms with Crippen LogP contribution in [0.1, 0.15) is 301 Å². The molecule has 12 aromatic rings. The Balaban J connectivity index is 0.000000256. The molecule has 0 spiro atoms. The van der Waals surface area contributed by atoms with Crippen molar-refractivity contribution < 1.29 is 22.6 Å². The minimum absolute atomic E-state index is 0. The maximum atomic E-state index is 10.4. The first-order chi connectivity index (χ1) is 62.4. The number of fused-ring (bicyclic) bond motifs is 4. The minimum Gasteiger partial charge on any atom is -0.331 e. The van der Waals surface area contributed by atoms with Crippen molar-refractivity contribution in [3.05, 3.63) is 314 Å². The maximum Gasteiger partial charge on any atom is 0.252 e. The van der Waals surface area contributed by atoms with Gasteiger partial charge in [-0.05, 0) is 271 Å². The summed E-state index contributed by atoms with van der Waals surface area (Å²) in [6.07, 6.45) is 0. The Morgan fingerprint density at radius 2 is 0.602 bits per heavy atom. The predicted octanol–water partition coefficient (Wildman–Crippen LogP) is 32.9. The lowest BCUT2D eigenvalue weighted by atomic mass is 9.33. The van der Waals surface area contributed by atoms with Gasteiger partial charge >= 0.3 is 0 Å². The largest absolute Gasteiger partial charge is 0.331 e. The molecule has 5 nitrogen and oxygen atoms in total. The molecule has 0 atom stereocenters. The van der Waals surface area contributed by atoms with Crippen LogP contribution in [0.3, 0.4) is 0 Å². The summed E-state index contributed by atoms with van der Waals surface area (Å²) in [5.74, 6) is 0. The summed E-state index contributed by atoms with van der Waals surface area (Å²) < 4.78 is 144. The number of benzene rings is 12. The normalized spacial score (nSPS) is 14.8. The Hall–Kier alpha value is -9.12. The van der Waals surface area contributed by atoms with Crippen LogP contribution in [0.25, 0.3) is 22.3 Å². The molecule has 14 rings (SSSR count). The average molecular weight is 1780 g/mol. The van der Waals surface area contributed by atoms with Crippen molar-refractivity contribution >= 4 is 126 Å². The fourth-order valence-electron chi connectivity index (χ4n) is 15.7. The van der Waals surface area contributed by atoms with Crippen LogP contribution in [0.2, 0.25) is 5.02 Å². The second-order valence-electron chi connectivity index (χ2n) is 43.8. The Morgan fingerprint density at radius 1 is 0.293 bits per heavy atom. The van der Waals surface area contributed by atoms with Crippen molar-refractivity contribution in [1.29, 1.82) is 0 Å². The highest BCUT2D eigenvalue weighted by Gasteiger charge is 2.45. The van der Waals surface area contributed by atoms with Crippen LogP contribution < -0.4 is 36.0 Å². The quantitative estimate of drug-likeness (QED) is 0.109. The van der Waals surface area contributed by atoms with Crippen LogP contribution >= 0.6 is 34.6 Å². The van der Waals surface area contributed by atoms with Gasteiger partial charge in [-0.1, -0.05) is 360 Å². The molecule has 0 unspecified atom stereocenters. The van der Waals surface area contributed by atoms with Gasteiger partial charge in [-0.25, -0.2) is 0 Å². The second-order valence-corrected chi connectivity index (χ2v) is 44.2. The molecule has 2 aliphatic heterocycles. The number of nitrogens with zero attached hydrogens (tertiary/aromatic N) is 4. The highest BCUT2D eigenvalue weighted by atomic mass is 127. The third-order valence-corrected chi connectivity index (χ3v) is 23.7. The number of rotatable bonds is 10. The molecule has 12 aromatic carbocycles. The van der Waals surface area contributed by atoms with E-state index in [1.165, 1.54) is 5.56 Å². The van der Waals surface area contributed by atoms with Gasteiger partial charge in [0.25, 0.3) is 6.71 Å². The number of anilines is 12. The standard InChI is InChI=1S/C57H67BN2.C57H69ClN2.CH4.HIO/c1-36-31-50-52-51(32-36)60(47-28-23-40(55(8,9)10)33-44(47)37-17-19-38(20-18-37)53(2,3)4)49-30-25-42(57(14,15)16)35-46(49)58(52)45-34-41(56(11,12)13)24-29-48(45)59(50)43-26-21-39(22-27-43)54(5,6)7;1-38-35-50(59(45-28-21-41(22-29-45)54(5,6)7)46-30-23-42(24-31-46)55(8,9)10)52(58)51(36-38)60(47-32-25-43(26-33-47)56(11,12)13)49-34-27-44(57(14,15)16)37-48(49)39-17-19-40(20-18-39)53(2,3)4;;1-2/h17-35H,1-16H3;17-37H,1-16H3;1H4;2H/i24D,25D,29D,30D,34D,35D;21D,22D,25D,26D,28D,29D,32D,33D;;. The SMILES string of the molecule is C.OI.[2H]c1c([2H])c(C(C)(C)C)c([2H])c([2H])c1N(c1ccc(C(C)(C)C)cc1)c1cc(C)cc(N(c2ccc(C(C)(C)C)cc2-c2ccc(C(C)(C)C)cc2)c2c([2H])c([2H])c(C(C)(C)C)c([2H])c2[2H])c1Cl.[2H]c1c([2H])c(C(C)(C)C)c([2H])c2c1N(c1ccc(C(C)(C)C)cc1)c1cc(C)cc3c1B2c1c([2H])c(C(C)(C)C)c([2H])c([2H])c1N3c1ccc(C(C)(C)C)cc1-c1ccc(C(C)(C)C)cc1. The van der Waals surface area contributed by atoms with E-state index >= 15 is 0 Å². The summed E-state index contributed by atoms with van der Waals surface area (Å²) in [6.45, 7) is 65.6. The lowest BCUT2D eigenvalue weighted by Crippen LogP contribution is -2.61. The van der Waals surface area contributed by atoms with Gasteiger partial charge in [-0.2, -0.15) is 0 Å². The summed E-state index contributed by atoms with van der Waals surface area (Å²) in [5.41, 5.74) is 17.8. The summed E-state index contributed by atoms with van der Waals surface area (Å²) in [7, 11) is 0. The van der Waals surface area contributed by atoms with E-state index in [0.29, 0.717) is 72.9 Å². The van der Waals surface area contributed by atoms with Gasteiger partial charge < -0.3 is 23.0 Å². The Kier molecular flexibility index (Phi) is 21.5. The zero-order chi connectivity index (χ0) is 102. The number of hydrogen-bond acceptors (Lipinski definition) is 5. The zero-order valence-electron chi connectivity index (χ0n) is 92.6. The van der Waals surface area contributed by atoms with Crippen molar-refractivity contribution in [1.82, 2.24) is 0 Å². The van der Waals surface area contributed by atoms with Gasteiger partial charge in [0.1, 0.15) is 23.0 Å². The molecule has 0 radical (unpaired) electrons. The molecular formula is C115H141BClIN4O. The van der Waals surface area contributed by atoms with E-state index in [-0.39, 0.29) is 141 Å². The van der Waals surface area contributed by atoms with Crippen LogP contribution in [0.15, 0.2) is 242 Å². The second kappa shape index (κ2) is 34.7. The van der Waals surface area contributed by atoms with E-state index in [0.717, 1.165) is 107 Å². The third-order valence-electron chi connectivity index (χ3n) is 23.4. The lowest BCUT2D eigenvalue weighted by Gasteiger charge is -2.45. The van der Waals surface area contributed by atoms with Crippen LogP contribution in [0.4, 0.5) is 68.2 Å². The molecule has 0 saturated heterocycles. The van der Waals surface area contributed by atoms with Crippen molar-refractivity contribution in [2.75, 3.05) is 19.6 Å². The molecule has 0 amide bonds. The predicted molar refractivity (Wildman–Crippen MR) is 552 cm³/mol. The zero-order valence-corrected chi connectivity index (χ0v) is 81.5. The molecule has 0 saturated carbocycles. The minimum atomic E-state index is -0.762. The van der Waals surface area contributed by atoms with Crippen LogP contribution in [0.5, 0.6) is 0 Å². The van der Waals surface area contributed by atoms with Crippen molar-refractivity contribution in [2.24, 2.45) is 0 Å². The monoisotopic (exact) mass is 1780 g/mol. The molecular weight excluding hydrogens is 1630 g/mol. The van der Waals surface area contributed by atoms with E-state index in [2.05, 4.69) is 251 Å². The van der Waals surface area contributed by atoms with Crippen molar-refractivity contribution in [3.63, 3.8) is 0 Å². The first-order valence-corrected chi connectivity index (χ1v) is 44.3. The lowest BCUT2D eigenvalue weighted by molar-refractivity contribution is 0.589. The number of halogens is 2. The molecule has 1 N–H and O–H groups in total. The van der Waals surface area contributed by atoms with E-state index in [1.54, 1.807) is 9.80 Å². The van der Waals surface area contributed by atoms with Crippen LogP contribution in [0, 0.1) is 13.8 Å². The van der Waals surface area contributed by atoms with Crippen LogP contribution in [-0.2, 0) is 54.1 Å². The Labute approximate surface area is 782 Å². The van der Waals surface area contributed by atoms with E-state index in [9.17, 15) is 19.2 Å².